The van der Waals surface area contributed by atoms with Crippen molar-refractivity contribution in [3.05, 3.63) is 0 Å². The van der Waals surface area contributed by atoms with Crippen molar-refractivity contribution >= 4 is 24.4 Å². The zero-order valence-corrected chi connectivity index (χ0v) is 7.17. The molecule has 2 amide bonds. The summed E-state index contributed by atoms with van der Waals surface area (Å²) in [5.74, 6) is -0.407. The first-order chi connectivity index (χ1) is 5.69. The van der Waals surface area contributed by atoms with Crippen molar-refractivity contribution in [2.45, 2.75) is 12.1 Å². The summed E-state index contributed by atoms with van der Waals surface area (Å²) in [7, 11) is 0. The minimum absolute atomic E-state index is 0.260. The molecule has 1 rings (SSSR count). The predicted octanol–water partition coefficient (Wildman–Crippen LogP) is -2.11. The van der Waals surface area contributed by atoms with Crippen molar-refractivity contribution in [1.29, 1.82) is 0 Å². The highest BCUT2D eigenvalue weighted by molar-refractivity contribution is 7.80. The number of carbonyl (C=O) groups excluding carboxylic acids is 2. The number of hydrogen-bond donors (Lipinski definition) is 4. The number of rotatable bonds is 2. The molecule has 0 unspecified atom stereocenters. The van der Waals surface area contributed by atoms with E-state index < -0.39 is 12.1 Å². The monoisotopic (exact) mass is 190 g/mol. The van der Waals surface area contributed by atoms with Crippen molar-refractivity contribution in [3.8, 4) is 0 Å². The lowest BCUT2D eigenvalue weighted by Crippen LogP contribution is -2.63. The molecule has 1 heterocycles. The molecule has 1 aliphatic rings. The van der Waals surface area contributed by atoms with E-state index in [-0.39, 0.29) is 24.2 Å². The van der Waals surface area contributed by atoms with E-state index in [0.717, 1.165) is 0 Å². The number of aliphatic hydroxyl groups is 1. The highest BCUT2D eigenvalue weighted by Gasteiger charge is 2.31. The van der Waals surface area contributed by atoms with Crippen molar-refractivity contribution < 1.29 is 14.7 Å². The minimum Gasteiger partial charge on any atom is -0.394 e. The van der Waals surface area contributed by atoms with Gasteiger partial charge < -0.3 is 15.7 Å². The van der Waals surface area contributed by atoms with E-state index in [0.29, 0.717) is 0 Å². The fraction of sp³-hybridized carbons (Fsp3) is 0.667. The molecule has 0 saturated carbocycles. The normalized spacial score (nSPS) is 29.5. The van der Waals surface area contributed by atoms with Gasteiger partial charge in [0.05, 0.1) is 6.61 Å². The summed E-state index contributed by atoms with van der Waals surface area (Å²) in [5.41, 5.74) is 0. The van der Waals surface area contributed by atoms with E-state index in [1.54, 1.807) is 0 Å². The molecule has 1 fully saturated rings. The van der Waals surface area contributed by atoms with Gasteiger partial charge in [-0.05, 0) is 0 Å². The number of nitrogens with one attached hydrogen (secondary N) is 2. The zero-order valence-electron chi connectivity index (χ0n) is 6.28. The molecule has 12 heavy (non-hydrogen) atoms. The summed E-state index contributed by atoms with van der Waals surface area (Å²) in [5, 5.41) is 13.4. The fourth-order valence-corrected chi connectivity index (χ4v) is 1.19. The van der Waals surface area contributed by atoms with E-state index in [1.165, 1.54) is 0 Å². The van der Waals surface area contributed by atoms with Crippen LogP contribution in [0.3, 0.4) is 0 Å². The molecular formula is C6H10N2O3S. The molecule has 1 saturated heterocycles. The van der Waals surface area contributed by atoms with Gasteiger partial charge >= 0.3 is 0 Å². The van der Waals surface area contributed by atoms with Crippen LogP contribution in [0.1, 0.15) is 0 Å². The van der Waals surface area contributed by atoms with Gasteiger partial charge in [0, 0.05) is 5.75 Å². The molecule has 1 aliphatic heterocycles. The van der Waals surface area contributed by atoms with E-state index in [1.807, 2.05) is 0 Å². The quantitative estimate of drug-likeness (QED) is 0.376. The molecular weight excluding hydrogens is 180 g/mol. The van der Waals surface area contributed by atoms with Crippen LogP contribution in [0, 0.1) is 0 Å². The Hall–Kier alpha value is -0.750. The van der Waals surface area contributed by atoms with Crippen LogP contribution in [0.4, 0.5) is 0 Å². The third-order valence-electron chi connectivity index (χ3n) is 1.63. The Balaban J connectivity index is 2.61. The van der Waals surface area contributed by atoms with E-state index in [2.05, 4.69) is 23.3 Å². The topological polar surface area (TPSA) is 78.4 Å². The second-order valence-electron chi connectivity index (χ2n) is 2.49. The van der Waals surface area contributed by atoms with Crippen LogP contribution >= 0.6 is 12.6 Å². The lowest BCUT2D eigenvalue weighted by atomic mass is 10.1. The van der Waals surface area contributed by atoms with E-state index in [4.69, 9.17) is 5.11 Å². The Morgan fingerprint density at radius 2 is 1.75 bits per heavy atom. The summed E-state index contributed by atoms with van der Waals surface area (Å²) < 4.78 is 0. The van der Waals surface area contributed by atoms with Crippen molar-refractivity contribution in [2.24, 2.45) is 0 Å². The first-order valence-electron chi connectivity index (χ1n) is 3.51. The first kappa shape index (κ1) is 9.34. The molecule has 3 N–H and O–H groups in total. The van der Waals surface area contributed by atoms with Gasteiger partial charge in [-0.15, -0.1) is 0 Å². The van der Waals surface area contributed by atoms with Crippen LogP contribution in [0.2, 0.25) is 0 Å². The van der Waals surface area contributed by atoms with E-state index in [9.17, 15) is 9.59 Å². The Morgan fingerprint density at radius 3 is 2.25 bits per heavy atom. The minimum atomic E-state index is -0.811. The molecule has 0 bridgehead atoms. The van der Waals surface area contributed by atoms with Crippen LogP contribution in [-0.2, 0) is 9.59 Å². The second-order valence-corrected chi connectivity index (χ2v) is 2.85. The number of carbonyl (C=O) groups is 2. The Kier molecular flexibility index (Phi) is 2.93. The number of amides is 2. The van der Waals surface area contributed by atoms with Gasteiger partial charge in [-0.2, -0.15) is 12.6 Å². The van der Waals surface area contributed by atoms with Gasteiger partial charge in [0.1, 0.15) is 12.1 Å². The van der Waals surface area contributed by atoms with Crippen molar-refractivity contribution in [1.82, 2.24) is 10.6 Å². The average molecular weight is 190 g/mol. The third kappa shape index (κ3) is 1.70. The molecule has 2 atom stereocenters. The van der Waals surface area contributed by atoms with Crippen LogP contribution in [0.5, 0.6) is 0 Å². The maximum atomic E-state index is 11.1. The molecule has 6 heteroatoms. The largest absolute Gasteiger partial charge is 0.394 e. The van der Waals surface area contributed by atoms with E-state index >= 15 is 0 Å². The maximum absolute atomic E-state index is 11.1. The van der Waals surface area contributed by atoms with Gasteiger partial charge in [-0.1, -0.05) is 0 Å². The lowest BCUT2D eigenvalue weighted by molar-refractivity contribution is -0.137. The number of aliphatic hydroxyl groups excluding tert-OH is 1. The summed E-state index contributed by atoms with van der Waals surface area (Å²) in [4.78, 5) is 22.1. The van der Waals surface area contributed by atoms with Gasteiger partial charge in [0.2, 0.25) is 11.8 Å². The Bertz CT molecular complexity index is 187. The van der Waals surface area contributed by atoms with Crippen LogP contribution < -0.4 is 10.6 Å². The van der Waals surface area contributed by atoms with Gasteiger partial charge in [0.15, 0.2) is 0 Å². The summed E-state index contributed by atoms with van der Waals surface area (Å²) >= 11 is 3.88. The average Bonchev–Trinajstić information content (AvgIpc) is 2.08. The maximum Gasteiger partial charge on any atom is 0.245 e. The van der Waals surface area contributed by atoms with Crippen LogP contribution in [0.25, 0.3) is 0 Å². The van der Waals surface area contributed by atoms with Crippen molar-refractivity contribution in [2.75, 3.05) is 12.4 Å². The van der Waals surface area contributed by atoms with Gasteiger partial charge in [0.25, 0.3) is 0 Å². The number of piperazine rings is 1. The highest BCUT2D eigenvalue weighted by atomic mass is 32.1. The van der Waals surface area contributed by atoms with Gasteiger partial charge in [-0.25, -0.2) is 0 Å². The summed E-state index contributed by atoms with van der Waals surface area (Å²) in [6.45, 7) is -0.378. The molecule has 0 radical (unpaired) electrons. The predicted molar refractivity (Wildman–Crippen MR) is 44.8 cm³/mol. The Morgan fingerprint density at radius 1 is 1.25 bits per heavy atom. The smallest absolute Gasteiger partial charge is 0.245 e. The molecule has 0 aromatic heterocycles. The Labute approximate surface area is 74.9 Å². The molecule has 0 aromatic rings. The standard InChI is InChI=1S/C6H10N2O3S/c9-1-3-5(10)8-4(2-12)6(11)7-3/h3-4,9,12H,1-2H2,(H,7,11)(H,8,10)/t3-,4+/m0/s1. The molecule has 68 valence electrons. The SMILES string of the molecule is O=C1N[C@H](CS)C(=O)N[C@H]1CO. The molecule has 5 nitrogen and oxygen atoms in total. The summed E-state index contributed by atoms with van der Waals surface area (Å²) in [6.07, 6.45) is 0. The number of hydrogen-bond acceptors (Lipinski definition) is 4. The first-order valence-corrected chi connectivity index (χ1v) is 4.14. The lowest BCUT2D eigenvalue weighted by Gasteiger charge is -2.27. The second kappa shape index (κ2) is 3.77. The highest BCUT2D eigenvalue weighted by Crippen LogP contribution is 1.98. The van der Waals surface area contributed by atoms with Crippen molar-refractivity contribution in [3.63, 3.8) is 0 Å². The van der Waals surface area contributed by atoms with Gasteiger partial charge in [-0.3, -0.25) is 9.59 Å². The molecule has 0 aromatic carbocycles. The van der Waals surface area contributed by atoms with Crippen LogP contribution in [-0.4, -0.2) is 41.4 Å². The van der Waals surface area contributed by atoms with Crippen LogP contribution in [0.15, 0.2) is 0 Å². The zero-order chi connectivity index (χ0) is 9.14. The molecule has 0 aliphatic carbocycles. The summed E-state index contributed by atoms with van der Waals surface area (Å²) in [6, 6.07) is -1.39. The third-order valence-corrected chi connectivity index (χ3v) is 2.00. The number of thiol groups is 1. The fourth-order valence-electron chi connectivity index (χ4n) is 0.933. The molecule has 0 spiro atoms.